The van der Waals surface area contributed by atoms with E-state index >= 15 is 0 Å². The average molecular weight is 266 g/mol. The SMILES string of the molecule is O=C1CSC(=O)N1CCc1ccc([N+](=O)[O-])cc1. The second kappa shape index (κ2) is 5.18. The molecule has 0 aromatic heterocycles. The summed E-state index contributed by atoms with van der Waals surface area (Å²) in [6.45, 7) is 0.322. The Labute approximate surface area is 107 Å². The molecule has 1 saturated heterocycles. The second-order valence-electron chi connectivity index (χ2n) is 3.77. The van der Waals surface area contributed by atoms with Crippen LogP contribution in [0.25, 0.3) is 0 Å². The van der Waals surface area contributed by atoms with E-state index in [-0.39, 0.29) is 22.6 Å². The fourth-order valence-corrected chi connectivity index (χ4v) is 2.37. The van der Waals surface area contributed by atoms with Crippen LogP contribution in [-0.4, -0.2) is 33.3 Å². The number of non-ortho nitro benzene ring substituents is 1. The summed E-state index contributed by atoms with van der Waals surface area (Å²) in [6.07, 6.45) is 0.510. The smallest absolute Gasteiger partial charge is 0.273 e. The predicted octanol–water partition coefficient (Wildman–Crippen LogP) is 1.83. The first-order chi connectivity index (χ1) is 8.58. The van der Waals surface area contributed by atoms with Crippen molar-refractivity contribution in [3.05, 3.63) is 39.9 Å². The van der Waals surface area contributed by atoms with Gasteiger partial charge in [-0.3, -0.25) is 24.6 Å². The van der Waals surface area contributed by atoms with E-state index in [1.165, 1.54) is 17.0 Å². The van der Waals surface area contributed by atoms with E-state index in [2.05, 4.69) is 0 Å². The minimum absolute atomic E-state index is 0.0302. The number of imide groups is 1. The molecule has 1 heterocycles. The van der Waals surface area contributed by atoms with Crippen molar-refractivity contribution in [3.8, 4) is 0 Å². The Kier molecular flexibility index (Phi) is 3.61. The van der Waals surface area contributed by atoms with Crippen LogP contribution in [0.2, 0.25) is 0 Å². The number of carbonyl (C=O) groups excluding carboxylic acids is 2. The maximum atomic E-state index is 11.3. The molecule has 1 aliphatic rings. The first-order valence-corrected chi connectivity index (χ1v) is 6.27. The molecule has 0 spiro atoms. The van der Waals surface area contributed by atoms with Crippen LogP contribution in [0.3, 0.4) is 0 Å². The lowest BCUT2D eigenvalue weighted by Crippen LogP contribution is -2.30. The summed E-state index contributed by atoms with van der Waals surface area (Å²) in [5.74, 6) is 0.0333. The molecule has 6 nitrogen and oxygen atoms in total. The van der Waals surface area contributed by atoms with E-state index in [1.807, 2.05) is 0 Å². The second-order valence-corrected chi connectivity index (χ2v) is 4.70. The maximum absolute atomic E-state index is 11.3. The van der Waals surface area contributed by atoms with Crippen molar-refractivity contribution in [2.45, 2.75) is 6.42 Å². The van der Waals surface area contributed by atoms with E-state index in [9.17, 15) is 19.7 Å². The lowest BCUT2D eigenvalue weighted by atomic mass is 10.1. The highest BCUT2D eigenvalue weighted by Gasteiger charge is 2.29. The minimum atomic E-state index is -0.464. The molecule has 0 bridgehead atoms. The summed E-state index contributed by atoms with van der Waals surface area (Å²) in [4.78, 5) is 33.9. The number of thioether (sulfide) groups is 1. The van der Waals surface area contributed by atoms with Gasteiger partial charge in [0.2, 0.25) is 5.91 Å². The van der Waals surface area contributed by atoms with Crippen molar-refractivity contribution in [1.82, 2.24) is 4.90 Å². The summed E-state index contributed by atoms with van der Waals surface area (Å²) in [5, 5.41) is 10.3. The number of nitro groups is 1. The van der Waals surface area contributed by atoms with Crippen molar-refractivity contribution in [2.75, 3.05) is 12.3 Å². The number of amides is 2. The monoisotopic (exact) mass is 266 g/mol. The van der Waals surface area contributed by atoms with Crippen LogP contribution in [0, 0.1) is 10.1 Å². The van der Waals surface area contributed by atoms with Gasteiger partial charge in [0.15, 0.2) is 0 Å². The molecule has 0 N–H and O–H groups in total. The molecule has 1 aromatic rings. The van der Waals surface area contributed by atoms with Crippen molar-refractivity contribution in [3.63, 3.8) is 0 Å². The largest absolute Gasteiger partial charge is 0.288 e. The Balaban J connectivity index is 1.96. The minimum Gasteiger partial charge on any atom is -0.273 e. The zero-order valence-corrected chi connectivity index (χ0v) is 10.2. The zero-order valence-electron chi connectivity index (χ0n) is 9.37. The molecule has 2 rings (SSSR count). The highest BCUT2D eigenvalue weighted by atomic mass is 32.2. The normalized spacial score (nSPS) is 15.2. The van der Waals surface area contributed by atoms with Crippen molar-refractivity contribution in [2.24, 2.45) is 0 Å². The molecule has 0 saturated carbocycles. The van der Waals surface area contributed by atoms with E-state index in [0.717, 1.165) is 17.3 Å². The first kappa shape index (κ1) is 12.6. The van der Waals surface area contributed by atoms with Crippen LogP contribution < -0.4 is 0 Å². The molecule has 1 fully saturated rings. The van der Waals surface area contributed by atoms with Gasteiger partial charge in [-0.1, -0.05) is 23.9 Å². The summed E-state index contributed by atoms with van der Waals surface area (Å²) in [5.41, 5.74) is 0.890. The van der Waals surface area contributed by atoms with Gasteiger partial charge in [0.25, 0.3) is 10.9 Å². The van der Waals surface area contributed by atoms with Gasteiger partial charge in [0.05, 0.1) is 10.7 Å². The highest BCUT2D eigenvalue weighted by Crippen LogP contribution is 2.19. The fourth-order valence-electron chi connectivity index (χ4n) is 1.62. The fraction of sp³-hybridized carbons (Fsp3) is 0.273. The summed E-state index contributed by atoms with van der Waals surface area (Å²) in [6, 6.07) is 6.10. The van der Waals surface area contributed by atoms with Crippen molar-refractivity contribution < 1.29 is 14.5 Å². The van der Waals surface area contributed by atoms with E-state index in [0.29, 0.717) is 13.0 Å². The Morgan fingerprint density at radius 1 is 1.28 bits per heavy atom. The van der Waals surface area contributed by atoms with E-state index in [4.69, 9.17) is 0 Å². The van der Waals surface area contributed by atoms with Gasteiger partial charge in [0, 0.05) is 18.7 Å². The third-order valence-electron chi connectivity index (χ3n) is 2.61. The quantitative estimate of drug-likeness (QED) is 0.613. The molecule has 0 unspecified atom stereocenters. The molecule has 0 atom stereocenters. The van der Waals surface area contributed by atoms with Crippen LogP contribution in [0.4, 0.5) is 10.5 Å². The lowest BCUT2D eigenvalue weighted by Gasteiger charge is -2.12. The summed E-state index contributed by atoms with van der Waals surface area (Å²) < 4.78 is 0. The van der Waals surface area contributed by atoms with Crippen LogP contribution in [0.1, 0.15) is 5.56 Å². The van der Waals surface area contributed by atoms with Crippen LogP contribution in [0.15, 0.2) is 24.3 Å². The van der Waals surface area contributed by atoms with E-state index < -0.39 is 4.92 Å². The highest BCUT2D eigenvalue weighted by molar-refractivity contribution is 8.14. The van der Waals surface area contributed by atoms with Gasteiger partial charge in [-0.05, 0) is 12.0 Å². The van der Waals surface area contributed by atoms with Crippen molar-refractivity contribution >= 4 is 28.6 Å². The standard InChI is InChI=1S/C11H10N2O4S/c14-10-7-18-11(15)12(10)6-5-8-1-3-9(4-2-8)13(16)17/h1-4H,5-7H2. The van der Waals surface area contributed by atoms with Gasteiger partial charge in [-0.25, -0.2) is 0 Å². The van der Waals surface area contributed by atoms with Crippen molar-refractivity contribution in [1.29, 1.82) is 0 Å². The van der Waals surface area contributed by atoms with Crippen LogP contribution in [0.5, 0.6) is 0 Å². The molecule has 94 valence electrons. The number of benzene rings is 1. The molecule has 2 amide bonds. The molecular formula is C11H10N2O4S. The number of carbonyl (C=O) groups is 2. The van der Waals surface area contributed by atoms with Crippen LogP contribution in [-0.2, 0) is 11.2 Å². The number of nitro benzene ring substituents is 1. The summed E-state index contributed by atoms with van der Waals surface area (Å²) >= 11 is 1.00. The number of hydrogen-bond donors (Lipinski definition) is 0. The predicted molar refractivity (Wildman–Crippen MR) is 66.4 cm³/mol. The van der Waals surface area contributed by atoms with Gasteiger partial charge < -0.3 is 0 Å². The Morgan fingerprint density at radius 3 is 2.44 bits per heavy atom. The Hall–Kier alpha value is -1.89. The van der Waals surface area contributed by atoms with E-state index in [1.54, 1.807) is 12.1 Å². The molecule has 18 heavy (non-hydrogen) atoms. The molecule has 0 aliphatic carbocycles. The van der Waals surface area contributed by atoms with Gasteiger partial charge in [-0.15, -0.1) is 0 Å². The topological polar surface area (TPSA) is 80.5 Å². The van der Waals surface area contributed by atoms with Gasteiger partial charge in [0.1, 0.15) is 0 Å². The number of nitrogens with zero attached hydrogens (tertiary/aromatic N) is 2. The Morgan fingerprint density at radius 2 is 1.94 bits per heavy atom. The van der Waals surface area contributed by atoms with Crippen LogP contribution >= 0.6 is 11.8 Å². The molecular weight excluding hydrogens is 256 g/mol. The third kappa shape index (κ3) is 2.67. The molecule has 0 radical (unpaired) electrons. The third-order valence-corrected chi connectivity index (χ3v) is 3.47. The molecule has 1 aliphatic heterocycles. The number of rotatable bonds is 4. The van der Waals surface area contributed by atoms with Gasteiger partial charge in [-0.2, -0.15) is 0 Å². The van der Waals surface area contributed by atoms with Gasteiger partial charge >= 0.3 is 0 Å². The average Bonchev–Trinajstić information content (AvgIpc) is 2.67. The zero-order chi connectivity index (χ0) is 13.1. The summed E-state index contributed by atoms with van der Waals surface area (Å²) in [7, 11) is 0. The molecule has 1 aromatic carbocycles. The maximum Gasteiger partial charge on any atom is 0.288 e. The Bertz CT molecular complexity index is 484. The first-order valence-electron chi connectivity index (χ1n) is 5.28. The number of hydrogen-bond acceptors (Lipinski definition) is 5. The lowest BCUT2D eigenvalue weighted by molar-refractivity contribution is -0.384. The molecule has 7 heteroatoms.